The van der Waals surface area contributed by atoms with Gasteiger partial charge in [-0.05, 0) is 49.8 Å². The van der Waals surface area contributed by atoms with E-state index >= 15 is 0 Å². The zero-order valence-electron chi connectivity index (χ0n) is 11.2. The normalized spacial score (nSPS) is 15.3. The Hall–Kier alpha value is -1.18. The van der Waals surface area contributed by atoms with Crippen molar-refractivity contribution in [2.75, 3.05) is 17.2 Å². The number of hydrogen-bond acceptors (Lipinski definition) is 2. The highest BCUT2D eigenvalue weighted by Gasteiger charge is 2.29. The van der Waals surface area contributed by atoms with E-state index in [1.54, 1.807) is 0 Å². The highest BCUT2D eigenvalue weighted by atomic mass is 15.2. The maximum atomic E-state index is 6.01. The molecule has 1 aromatic rings. The Morgan fingerprint density at radius 1 is 1.35 bits per heavy atom. The highest BCUT2D eigenvalue weighted by molar-refractivity contribution is 5.65. The lowest BCUT2D eigenvalue weighted by molar-refractivity contribution is 0.570. The smallest absolute Gasteiger partial charge is 0.0419 e. The van der Waals surface area contributed by atoms with Crippen LogP contribution in [0.1, 0.15) is 38.7 Å². The maximum absolute atomic E-state index is 6.01. The molecule has 0 atom stereocenters. The second-order valence-corrected chi connectivity index (χ2v) is 5.60. The Kier molecular flexibility index (Phi) is 3.60. The van der Waals surface area contributed by atoms with Crippen LogP contribution in [0.5, 0.6) is 0 Å². The van der Waals surface area contributed by atoms with Gasteiger partial charge in [-0.1, -0.05) is 19.9 Å². The van der Waals surface area contributed by atoms with Crippen LogP contribution in [0.25, 0.3) is 0 Å². The zero-order chi connectivity index (χ0) is 12.4. The Balaban J connectivity index is 2.17. The fourth-order valence-corrected chi connectivity index (χ4v) is 2.24. The molecule has 1 aliphatic rings. The van der Waals surface area contributed by atoms with Crippen molar-refractivity contribution in [3.63, 3.8) is 0 Å². The van der Waals surface area contributed by atoms with E-state index in [0.717, 1.165) is 24.2 Å². The van der Waals surface area contributed by atoms with E-state index in [2.05, 4.69) is 37.8 Å². The van der Waals surface area contributed by atoms with E-state index in [0.29, 0.717) is 0 Å². The van der Waals surface area contributed by atoms with Crippen molar-refractivity contribution in [2.45, 2.75) is 46.1 Å². The third kappa shape index (κ3) is 2.93. The van der Waals surface area contributed by atoms with Crippen LogP contribution in [0, 0.1) is 12.8 Å². The summed E-state index contributed by atoms with van der Waals surface area (Å²) >= 11 is 0. The molecule has 1 fully saturated rings. The molecule has 2 rings (SSSR count). The van der Waals surface area contributed by atoms with Gasteiger partial charge in [0.2, 0.25) is 0 Å². The molecule has 2 N–H and O–H groups in total. The molecule has 2 nitrogen and oxygen atoms in total. The number of nitrogens with zero attached hydrogens (tertiary/aromatic N) is 1. The lowest BCUT2D eigenvalue weighted by Gasteiger charge is -2.27. The summed E-state index contributed by atoms with van der Waals surface area (Å²) in [4.78, 5) is 2.56. The van der Waals surface area contributed by atoms with Crippen molar-refractivity contribution in [2.24, 2.45) is 5.92 Å². The largest absolute Gasteiger partial charge is 0.398 e. The molecule has 2 heteroatoms. The first-order valence-electron chi connectivity index (χ1n) is 6.71. The van der Waals surface area contributed by atoms with Crippen molar-refractivity contribution in [1.29, 1.82) is 0 Å². The molecule has 0 radical (unpaired) electrons. The Morgan fingerprint density at radius 3 is 2.65 bits per heavy atom. The van der Waals surface area contributed by atoms with Crippen molar-refractivity contribution in [3.05, 3.63) is 23.8 Å². The third-order valence-electron chi connectivity index (χ3n) is 3.59. The Labute approximate surface area is 105 Å². The minimum atomic E-state index is 0.759. The van der Waals surface area contributed by atoms with Gasteiger partial charge in [0.15, 0.2) is 0 Å². The van der Waals surface area contributed by atoms with Gasteiger partial charge in [0.05, 0.1) is 0 Å². The lowest BCUT2D eigenvalue weighted by atomic mass is 10.1. The highest BCUT2D eigenvalue weighted by Crippen LogP contribution is 2.35. The number of hydrogen-bond donors (Lipinski definition) is 1. The van der Waals surface area contributed by atoms with Crippen molar-refractivity contribution in [3.8, 4) is 0 Å². The van der Waals surface area contributed by atoms with Crippen molar-refractivity contribution >= 4 is 11.4 Å². The quantitative estimate of drug-likeness (QED) is 0.786. The molecule has 94 valence electrons. The third-order valence-corrected chi connectivity index (χ3v) is 3.59. The summed E-state index contributed by atoms with van der Waals surface area (Å²) in [5, 5.41) is 0. The van der Waals surface area contributed by atoms with Crippen molar-refractivity contribution in [1.82, 2.24) is 0 Å². The van der Waals surface area contributed by atoms with Gasteiger partial charge < -0.3 is 10.6 Å². The molecule has 0 spiro atoms. The topological polar surface area (TPSA) is 29.3 Å². The fourth-order valence-electron chi connectivity index (χ4n) is 2.24. The van der Waals surface area contributed by atoms with Crippen LogP contribution in [0.3, 0.4) is 0 Å². The van der Waals surface area contributed by atoms with Crippen LogP contribution in [0.15, 0.2) is 18.2 Å². The van der Waals surface area contributed by atoms with Gasteiger partial charge in [-0.15, -0.1) is 0 Å². The van der Waals surface area contributed by atoms with Gasteiger partial charge in [-0.25, -0.2) is 0 Å². The van der Waals surface area contributed by atoms with Gasteiger partial charge in [-0.3, -0.25) is 0 Å². The summed E-state index contributed by atoms with van der Waals surface area (Å²) in [5.41, 5.74) is 9.50. The maximum Gasteiger partial charge on any atom is 0.0419 e. The standard InChI is InChI=1S/C15H24N2/c1-11(2)9-10-17(13-7-8-13)15-6-4-5-14(16)12(15)3/h4-6,11,13H,7-10,16H2,1-3H3. The van der Waals surface area contributed by atoms with Crippen LogP contribution in [-0.4, -0.2) is 12.6 Å². The van der Waals surface area contributed by atoms with E-state index in [9.17, 15) is 0 Å². The van der Waals surface area contributed by atoms with Crippen LogP contribution in [0.2, 0.25) is 0 Å². The first-order valence-corrected chi connectivity index (χ1v) is 6.71. The van der Waals surface area contributed by atoms with Crippen LogP contribution in [0.4, 0.5) is 11.4 Å². The molecular weight excluding hydrogens is 208 g/mol. The molecule has 0 amide bonds. The van der Waals surface area contributed by atoms with E-state index in [1.807, 2.05) is 6.07 Å². The number of nitrogens with two attached hydrogens (primary N) is 1. The number of rotatable bonds is 5. The predicted molar refractivity (Wildman–Crippen MR) is 75.4 cm³/mol. The first kappa shape index (κ1) is 12.3. The molecule has 0 saturated heterocycles. The molecule has 0 bridgehead atoms. The average molecular weight is 232 g/mol. The van der Waals surface area contributed by atoms with E-state index in [4.69, 9.17) is 5.73 Å². The minimum absolute atomic E-state index is 0.759. The van der Waals surface area contributed by atoms with Crippen molar-refractivity contribution < 1.29 is 0 Å². The summed E-state index contributed by atoms with van der Waals surface area (Å²) < 4.78 is 0. The molecule has 1 saturated carbocycles. The molecule has 0 unspecified atom stereocenters. The predicted octanol–water partition coefficient (Wildman–Crippen LogP) is 3.59. The number of anilines is 2. The van der Waals surface area contributed by atoms with E-state index in [1.165, 1.54) is 30.5 Å². The van der Waals surface area contributed by atoms with Crippen LogP contribution < -0.4 is 10.6 Å². The molecule has 17 heavy (non-hydrogen) atoms. The second kappa shape index (κ2) is 4.99. The second-order valence-electron chi connectivity index (χ2n) is 5.60. The molecule has 1 aromatic carbocycles. The molecule has 0 heterocycles. The summed E-state index contributed by atoms with van der Waals surface area (Å²) in [6.45, 7) is 7.87. The summed E-state index contributed by atoms with van der Waals surface area (Å²) in [6, 6.07) is 7.04. The van der Waals surface area contributed by atoms with E-state index in [-0.39, 0.29) is 0 Å². The van der Waals surface area contributed by atoms with Crippen LogP contribution >= 0.6 is 0 Å². The van der Waals surface area contributed by atoms with Gasteiger partial charge in [0, 0.05) is 24.0 Å². The summed E-state index contributed by atoms with van der Waals surface area (Å²) in [5.74, 6) is 0.762. The zero-order valence-corrected chi connectivity index (χ0v) is 11.2. The van der Waals surface area contributed by atoms with Gasteiger partial charge in [0.1, 0.15) is 0 Å². The molecule has 1 aliphatic carbocycles. The van der Waals surface area contributed by atoms with Crippen LogP contribution in [-0.2, 0) is 0 Å². The Bertz CT molecular complexity index is 381. The summed E-state index contributed by atoms with van der Waals surface area (Å²) in [6.07, 6.45) is 3.93. The molecular formula is C15H24N2. The number of nitrogen functional groups attached to an aromatic ring is 1. The van der Waals surface area contributed by atoms with Gasteiger partial charge in [0.25, 0.3) is 0 Å². The lowest BCUT2D eigenvalue weighted by Crippen LogP contribution is -2.28. The molecule has 0 aliphatic heterocycles. The van der Waals surface area contributed by atoms with Gasteiger partial charge in [-0.2, -0.15) is 0 Å². The van der Waals surface area contributed by atoms with E-state index < -0.39 is 0 Å². The SMILES string of the molecule is Cc1c(N)cccc1N(CCC(C)C)C1CC1. The van der Waals surface area contributed by atoms with Gasteiger partial charge >= 0.3 is 0 Å². The fraction of sp³-hybridized carbons (Fsp3) is 0.600. The molecule has 0 aromatic heterocycles. The Morgan fingerprint density at radius 2 is 2.06 bits per heavy atom. The first-order chi connectivity index (χ1) is 8.09. The summed E-state index contributed by atoms with van der Waals surface area (Å²) in [7, 11) is 0. The average Bonchev–Trinajstić information content (AvgIpc) is 3.08. The number of benzene rings is 1. The minimum Gasteiger partial charge on any atom is -0.398 e. The monoisotopic (exact) mass is 232 g/mol.